The van der Waals surface area contributed by atoms with Crippen LogP contribution in [0.1, 0.15) is 96.8 Å². The zero-order valence-electron chi connectivity index (χ0n) is 22.5. The van der Waals surface area contributed by atoms with Crippen molar-refractivity contribution in [3.05, 3.63) is 24.3 Å². The van der Waals surface area contributed by atoms with Crippen LogP contribution in [0.25, 0.3) is 0 Å². The molecule has 1 saturated heterocycles. The van der Waals surface area contributed by atoms with Crippen LogP contribution in [0.5, 0.6) is 0 Å². The van der Waals surface area contributed by atoms with E-state index in [4.69, 9.17) is 9.84 Å². The van der Waals surface area contributed by atoms with Gasteiger partial charge in [0.15, 0.2) is 0 Å². The summed E-state index contributed by atoms with van der Waals surface area (Å²) in [6.45, 7) is 4.35. The predicted octanol–water partition coefficient (Wildman–Crippen LogP) is 4.73. The fraction of sp³-hybridized carbons (Fsp3) is 0.759. The van der Waals surface area contributed by atoms with E-state index in [0.717, 1.165) is 32.1 Å². The first-order valence-electron chi connectivity index (χ1n) is 14.1. The third kappa shape index (κ3) is 17.4. The van der Waals surface area contributed by atoms with Crippen molar-refractivity contribution in [2.45, 2.75) is 103 Å². The molecular weight excluding hydrogens is 456 g/mol. The van der Waals surface area contributed by atoms with E-state index in [9.17, 15) is 14.4 Å². The Morgan fingerprint density at radius 2 is 1.61 bits per heavy atom. The number of amides is 1. The molecule has 0 radical (unpaired) electrons. The van der Waals surface area contributed by atoms with Crippen LogP contribution in [-0.2, 0) is 19.1 Å². The first-order chi connectivity index (χ1) is 17.6. The number of rotatable bonds is 23. The molecule has 7 nitrogen and oxygen atoms in total. The van der Waals surface area contributed by atoms with Gasteiger partial charge in [-0.3, -0.25) is 14.5 Å². The number of aldehydes is 1. The number of hydrogen-bond donors (Lipinski definition) is 2. The fourth-order valence-corrected chi connectivity index (χ4v) is 4.24. The SMILES string of the molecule is CCCCC/C=C\C/C=C\CCCCCCCCOC(=O)CC(CC=O)NC(=O)CN1CC(CO)C1. The monoisotopic (exact) mass is 506 g/mol. The molecule has 2 N–H and O–H groups in total. The number of hydrogen-bond acceptors (Lipinski definition) is 6. The first-order valence-corrected chi connectivity index (χ1v) is 14.1. The highest BCUT2D eigenvalue weighted by atomic mass is 16.5. The number of likely N-dealkylation sites (tertiary alicyclic amines) is 1. The summed E-state index contributed by atoms with van der Waals surface area (Å²) in [6.07, 6.45) is 23.8. The number of nitrogens with one attached hydrogen (secondary N) is 1. The zero-order chi connectivity index (χ0) is 26.3. The summed E-state index contributed by atoms with van der Waals surface area (Å²) in [4.78, 5) is 37.1. The maximum atomic E-state index is 12.1. The molecule has 1 aliphatic heterocycles. The van der Waals surface area contributed by atoms with E-state index in [0.29, 0.717) is 26.0 Å². The molecule has 0 spiro atoms. The molecule has 1 heterocycles. The minimum absolute atomic E-state index is 0.00586. The van der Waals surface area contributed by atoms with Crippen molar-refractivity contribution in [3.63, 3.8) is 0 Å². The van der Waals surface area contributed by atoms with Gasteiger partial charge in [-0.1, -0.05) is 69.8 Å². The molecule has 1 amide bonds. The van der Waals surface area contributed by atoms with Gasteiger partial charge >= 0.3 is 5.97 Å². The maximum Gasteiger partial charge on any atom is 0.307 e. The maximum absolute atomic E-state index is 12.1. The van der Waals surface area contributed by atoms with Crippen LogP contribution in [0, 0.1) is 5.92 Å². The molecule has 1 unspecified atom stereocenters. The molecule has 0 aliphatic carbocycles. The number of aliphatic hydroxyl groups excluding tert-OH is 1. The highest BCUT2D eigenvalue weighted by Gasteiger charge is 2.28. The number of aliphatic hydroxyl groups is 1. The summed E-state index contributed by atoms with van der Waals surface area (Å²) < 4.78 is 5.30. The molecule has 206 valence electrons. The molecule has 0 aromatic heterocycles. The Hall–Kier alpha value is -1.99. The lowest BCUT2D eigenvalue weighted by Crippen LogP contribution is -2.53. The number of ether oxygens (including phenoxy) is 1. The van der Waals surface area contributed by atoms with Crippen molar-refractivity contribution in [2.75, 3.05) is 32.8 Å². The molecule has 0 aromatic rings. The molecule has 0 saturated carbocycles. The van der Waals surface area contributed by atoms with Crippen molar-refractivity contribution < 1.29 is 24.2 Å². The van der Waals surface area contributed by atoms with E-state index in [1.54, 1.807) is 0 Å². The van der Waals surface area contributed by atoms with Gasteiger partial charge in [-0.25, -0.2) is 0 Å². The van der Waals surface area contributed by atoms with Gasteiger partial charge in [0.1, 0.15) is 6.29 Å². The third-order valence-corrected chi connectivity index (χ3v) is 6.43. The number of esters is 1. The van der Waals surface area contributed by atoms with Crippen LogP contribution >= 0.6 is 0 Å². The standard InChI is InChI=1S/C29H50N2O5/c1-2-3-4-5-6-7-8-9-10-11-12-13-14-15-16-17-20-36-29(35)21-27(18-19-32)30-28(34)24-31-22-26(23-31)25-33/h6-7,9-10,19,26-27,33H,2-5,8,11-18,20-25H2,1H3,(H,30,34)/b7-6-,10-9-. The summed E-state index contributed by atoms with van der Waals surface area (Å²) in [5.41, 5.74) is 0. The summed E-state index contributed by atoms with van der Waals surface area (Å²) >= 11 is 0. The van der Waals surface area contributed by atoms with E-state index in [2.05, 4.69) is 36.5 Å². The van der Waals surface area contributed by atoms with Crippen LogP contribution in [0.15, 0.2) is 24.3 Å². The van der Waals surface area contributed by atoms with Crippen molar-refractivity contribution in [3.8, 4) is 0 Å². The van der Waals surface area contributed by atoms with Crippen molar-refractivity contribution in [1.82, 2.24) is 10.2 Å². The number of unbranched alkanes of at least 4 members (excludes halogenated alkanes) is 9. The van der Waals surface area contributed by atoms with E-state index in [1.165, 1.54) is 44.9 Å². The Morgan fingerprint density at radius 1 is 0.972 bits per heavy atom. The Balaban J connectivity index is 1.97. The van der Waals surface area contributed by atoms with Gasteiger partial charge in [-0.2, -0.15) is 0 Å². The summed E-state index contributed by atoms with van der Waals surface area (Å²) in [5, 5.41) is 11.8. The van der Waals surface area contributed by atoms with Crippen LogP contribution in [0.4, 0.5) is 0 Å². The van der Waals surface area contributed by atoms with Crippen LogP contribution < -0.4 is 5.32 Å². The third-order valence-electron chi connectivity index (χ3n) is 6.43. The Morgan fingerprint density at radius 3 is 2.25 bits per heavy atom. The smallest absolute Gasteiger partial charge is 0.307 e. The normalized spacial score (nSPS) is 15.3. The van der Waals surface area contributed by atoms with E-state index >= 15 is 0 Å². The minimum Gasteiger partial charge on any atom is -0.466 e. The first kappa shape index (κ1) is 32.0. The summed E-state index contributed by atoms with van der Waals surface area (Å²) in [5.74, 6) is -0.358. The highest BCUT2D eigenvalue weighted by Crippen LogP contribution is 2.13. The van der Waals surface area contributed by atoms with E-state index in [-0.39, 0.29) is 43.8 Å². The largest absolute Gasteiger partial charge is 0.466 e. The van der Waals surface area contributed by atoms with E-state index < -0.39 is 6.04 Å². The summed E-state index contributed by atoms with van der Waals surface area (Å²) in [6, 6.07) is -0.534. The van der Waals surface area contributed by atoms with Crippen molar-refractivity contribution >= 4 is 18.2 Å². The minimum atomic E-state index is -0.534. The number of nitrogens with zero attached hydrogens (tertiary/aromatic N) is 1. The lowest BCUT2D eigenvalue weighted by molar-refractivity contribution is -0.144. The van der Waals surface area contributed by atoms with Crippen molar-refractivity contribution in [1.29, 1.82) is 0 Å². The number of carbonyl (C=O) groups excluding carboxylic acids is 3. The molecule has 1 atom stereocenters. The van der Waals surface area contributed by atoms with Crippen LogP contribution in [0.2, 0.25) is 0 Å². The van der Waals surface area contributed by atoms with Gasteiger partial charge in [-0.05, 0) is 38.5 Å². The number of carbonyl (C=O) groups is 3. The molecule has 1 fully saturated rings. The quantitative estimate of drug-likeness (QED) is 0.0900. The summed E-state index contributed by atoms with van der Waals surface area (Å²) in [7, 11) is 0. The second-order valence-electron chi connectivity index (χ2n) is 9.92. The van der Waals surface area contributed by atoms with Crippen molar-refractivity contribution in [2.24, 2.45) is 5.92 Å². The highest BCUT2D eigenvalue weighted by molar-refractivity contribution is 5.80. The molecule has 36 heavy (non-hydrogen) atoms. The lowest BCUT2D eigenvalue weighted by atomic mass is 10.0. The Labute approximate surface area is 218 Å². The van der Waals surface area contributed by atoms with Crippen LogP contribution in [-0.4, -0.2) is 67.1 Å². The zero-order valence-corrected chi connectivity index (χ0v) is 22.5. The Kier molecular flexibility index (Phi) is 19.8. The van der Waals surface area contributed by atoms with Gasteiger partial charge in [0.2, 0.25) is 5.91 Å². The molecule has 1 rings (SSSR count). The Bertz CT molecular complexity index is 644. The molecule has 0 bridgehead atoms. The van der Waals surface area contributed by atoms with Gasteiger partial charge in [0.25, 0.3) is 0 Å². The topological polar surface area (TPSA) is 95.9 Å². The molecular formula is C29H50N2O5. The van der Waals surface area contributed by atoms with Gasteiger partial charge < -0.3 is 20.0 Å². The van der Waals surface area contributed by atoms with E-state index in [1.807, 2.05) is 4.90 Å². The lowest BCUT2D eigenvalue weighted by Gasteiger charge is -2.37. The second-order valence-corrected chi connectivity index (χ2v) is 9.92. The van der Waals surface area contributed by atoms with Gasteiger partial charge in [-0.15, -0.1) is 0 Å². The van der Waals surface area contributed by atoms with Gasteiger partial charge in [0.05, 0.1) is 19.6 Å². The van der Waals surface area contributed by atoms with Crippen LogP contribution in [0.3, 0.4) is 0 Å². The average Bonchev–Trinajstić information content (AvgIpc) is 2.83. The second kappa shape index (κ2) is 22.2. The predicted molar refractivity (Wildman–Crippen MR) is 145 cm³/mol. The van der Waals surface area contributed by atoms with Gasteiger partial charge in [0, 0.05) is 38.1 Å². The molecule has 1 aliphatic rings. The molecule has 0 aromatic carbocycles. The fourth-order valence-electron chi connectivity index (χ4n) is 4.24. The number of allylic oxidation sites excluding steroid dienone is 4. The molecule has 7 heteroatoms. The average molecular weight is 507 g/mol.